The molecule has 0 saturated carbocycles. The Balaban J connectivity index is 1.61. The maximum atomic E-state index is 12.4. The molecule has 1 amide bonds. The van der Waals surface area contributed by atoms with Crippen molar-refractivity contribution >= 4 is 26.8 Å². The summed E-state index contributed by atoms with van der Waals surface area (Å²) in [4.78, 5) is 19.8. The van der Waals surface area contributed by atoms with Crippen LogP contribution in [0, 0.1) is 6.92 Å². The van der Waals surface area contributed by atoms with E-state index in [1.807, 2.05) is 25.1 Å². The van der Waals surface area contributed by atoms with Gasteiger partial charge in [0.1, 0.15) is 0 Å². The number of hydrogen-bond acceptors (Lipinski definition) is 4. The Bertz CT molecular complexity index is 1070. The topological polar surface area (TPSA) is 104 Å². The molecule has 0 radical (unpaired) electrons. The quantitative estimate of drug-likeness (QED) is 0.577. The Kier molecular flexibility index (Phi) is 5.57. The van der Waals surface area contributed by atoms with E-state index in [4.69, 9.17) is 0 Å². The van der Waals surface area contributed by atoms with Crippen LogP contribution in [0.2, 0.25) is 0 Å². The number of amides is 1. The van der Waals surface area contributed by atoms with Crippen molar-refractivity contribution in [1.82, 2.24) is 20.0 Å². The monoisotopic (exact) mass is 386 g/mol. The highest BCUT2D eigenvalue weighted by molar-refractivity contribution is 7.88. The van der Waals surface area contributed by atoms with E-state index in [0.29, 0.717) is 17.8 Å². The van der Waals surface area contributed by atoms with Gasteiger partial charge in [-0.05, 0) is 37.1 Å². The summed E-state index contributed by atoms with van der Waals surface area (Å²) in [7, 11) is -3.31. The minimum Gasteiger partial charge on any atom is -0.358 e. The number of rotatable bonds is 7. The van der Waals surface area contributed by atoms with E-state index in [1.165, 1.54) is 17.1 Å². The Morgan fingerprint density at radius 1 is 1.22 bits per heavy atom. The molecule has 142 valence electrons. The molecular weight excluding hydrogens is 364 g/mol. The summed E-state index contributed by atoms with van der Waals surface area (Å²) in [5, 5.41) is 4.08. The molecule has 2 aromatic heterocycles. The third kappa shape index (κ3) is 4.93. The van der Waals surface area contributed by atoms with E-state index in [1.54, 1.807) is 12.1 Å². The summed E-state index contributed by atoms with van der Waals surface area (Å²) >= 11 is 0. The molecule has 0 aliphatic heterocycles. The standard InChI is InChI=1S/C19H22N4O3S/c1-13-16(17-5-3-4-6-18(17)23-13)8-10-21-19(24)14-7-9-20-15(11-14)12-22-27(2,25)26/h3-7,9,11,22-23H,8,10,12H2,1-2H3,(H,21,24). The number of sulfonamides is 1. The highest BCUT2D eigenvalue weighted by Gasteiger charge is 2.10. The summed E-state index contributed by atoms with van der Waals surface area (Å²) in [5.41, 5.74) is 4.32. The molecule has 0 unspecified atom stereocenters. The summed E-state index contributed by atoms with van der Waals surface area (Å²) in [6.07, 6.45) is 3.30. The average molecular weight is 386 g/mol. The number of benzene rings is 1. The number of nitrogens with zero attached hydrogens (tertiary/aromatic N) is 1. The van der Waals surface area contributed by atoms with Crippen LogP contribution in [0.4, 0.5) is 0 Å². The lowest BCUT2D eigenvalue weighted by Crippen LogP contribution is -2.26. The average Bonchev–Trinajstić information content (AvgIpc) is 2.95. The summed E-state index contributed by atoms with van der Waals surface area (Å²) in [6, 6.07) is 11.3. The van der Waals surface area contributed by atoms with Crippen LogP contribution < -0.4 is 10.0 Å². The molecule has 3 N–H and O–H groups in total. The number of hydrogen-bond donors (Lipinski definition) is 3. The molecule has 0 saturated heterocycles. The second kappa shape index (κ2) is 7.89. The fourth-order valence-corrected chi connectivity index (χ4v) is 3.39. The lowest BCUT2D eigenvalue weighted by Gasteiger charge is -2.07. The summed E-state index contributed by atoms with van der Waals surface area (Å²) in [6.45, 7) is 2.58. The number of carbonyl (C=O) groups is 1. The van der Waals surface area contributed by atoms with Gasteiger partial charge in [-0.25, -0.2) is 13.1 Å². The van der Waals surface area contributed by atoms with Gasteiger partial charge in [-0.2, -0.15) is 0 Å². The van der Waals surface area contributed by atoms with Crippen molar-refractivity contribution in [1.29, 1.82) is 0 Å². The molecule has 3 rings (SSSR count). The van der Waals surface area contributed by atoms with Crippen molar-refractivity contribution in [3.63, 3.8) is 0 Å². The Morgan fingerprint density at radius 3 is 2.78 bits per heavy atom. The van der Waals surface area contributed by atoms with Gasteiger partial charge in [0, 0.05) is 34.9 Å². The van der Waals surface area contributed by atoms with Crippen molar-refractivity contribution in [2.45, 2.75) is 19.9 Å². The third-order valence-corrected chi connectivity index (χ3v) is 4.95. The van der Waals surface area contributed by atoms with E-state index in [0.717, 1.165) is 23.9 Å². The first-order chi connectivity index (χ1) is 12.8. The van der Waals surface area contributed by atoms with Crippen LogP contribution >= 0.6 is 0 Å². The van der Waals surface area contributed by atoms with Crippen molar-refractivity contribution in [3.8, 4) is 0 Å². The molecule has 7 nitrogen and oxygen atoms in total. The number of aryl methyl sites for hydroxylation is 1. The lowest BCUT2D eigenvalue weighted by molar-refractivity contribution is 0.0954. The zero-order chi connectivity index (χ0) is 19.4. The maximum absolute atomic E-state index is 12.4. The fraction of sp³-hybridized carbons (Fsp3) is 0.263. The van der Waals surface area contributed by atoms with Crippen molar-refractivity contribution < 1.29 is 13.2 Å². The minimum atomic E-state index is -3.31. The molecule has 0 aliphatic carbocycles. The van der Waals surface area contributed by atoms with E-state index in [9.17, 15) is 13.2 Å². The number of H-pyrrole nitrogens is 1. The SMILES string of the molecule is Cc1[nH]c2ccccc2c1CCNC(=O)c1ccnc(CNS(C)(=O)=O)c1. The molecule has 3 aromatic rings. The third-order valence-electron chi connectivity index (χ3n) is 4.28. The van der Waals surface area contributed by atoms with E-state index in [2.05, 4.69) is 26.1 Å². The van der Waals surface area contributed by atoms with Crippen molar-refractivity contribution in [2.24, 2.45) is 0 Å². The first kappa shape index (κ1) is 19.1. The van der Waals surface area contributed by atoms with Gasteiger partial charge >= 0.3 is 0 Å². The number of aromatic amines is 1. The van der Waals surface area contributed by atoms with Gasteiger partial charge in [0.2, 0.25) is 10.0 Å². The van der Waals surface area contributed by atoms with Crippen LogP contribution in [-0.2, 0) is 23.0 Å². The predicted octanol–water partition coefficient (Wildman–Crippen LogP) is 1.89. The van der Waals surface area contributed by atoms with Crippen molar-refractivity contribution in [2.75, 3.05) is 12.8 Å². The molecule has 1 aromatic carbocycles. The molecule has 27 heavy (non-hydrogen) atoms. The predicted molar refractivity (Wildman–Crippen MR) is 105 cm³/mol. The number of fused-ring (bicyclic) bond motifs is 1. The second-order valence-corrected chi connectivity index (χ2v) is 8.24. The van der Waals surface area contributed by atoms with Gasteiger partial charge < -0.3 is 10.3 Å². The zero-order valence-corrected chi connectivity index (χ0v) is 16.1. The van der Waals surface area contributed by atoms with E-state index < -0.39 is 10.0 Å². The largest absolute Gasteiger partial charge is 0.358 e. The number of carbonyl (C=O) groups excluding carboxylic acids is 1. The maximum Gasteiger partial charge on any atom is 0.251 e. The smallest absolute Gasteiger partial charge is 0.251 e. The minimum absolute atomic E-state index is 0.0501. The van der Waals surface area contributed by atoms with Gasteiger partial charge in [0.05, 0.1) is 18.5 Å². The van der Waals surface area contributed by atoms with E-state index >= 15 is 0 Å². The molecule has 0 aliphatic rings. The van der Waals surface area contributed by atoms with E-state index in [-0.39, 0.29) is 12.5 Å². The second-order valence-electron chi connectivity index (χ2n) is 6.41. The zero-order valence-electron chi connectivity index (χ0n) is 15.2. The van der Waals surface area contributed by atoms with Gasteiger partial charge in [0.15, 0.2) is 0 Å². The Hall–Kier alpha value is -2.71. The molecule has 0 atom stereocenters. The number of pyridine rings is 1. The fourth-order valence-electron chi connectivity index (χ4n) is 2.98. The summed E-state index contributed by atoms with van der Waals surface area (Å²) < 4.78 is 24.7. The molecule has 0 bridgehead atoms. The molecule has 2 heterocycles. The van der Waals surface area contributed by atoms with Gasteiger partial charge in [-0.3, -0.25) is 9.78 Å². The van der Waals surface area contributed by atoms with Crippen LogP contribution in [0.15, 0.2) is 42.6 Å². The molecule has 0 spiro atoms. The van der Waals surface area contributed by atoms with Gasteiger partial charge in [-0.15, -0.1) is 0 Å². The number of nitrogens with one attached hydrogen (secondary N) is 3. The van der Waals surface area contributed by atoms with Crippen LogP contribution in [0.25, 0.3) is 10.9 Å². The lowest BCUT2D eigenvalue weighted by atomic mass is 10.1. The van der Waals surface area contributed by atoms with Crippen LogP contribution in [0.5, 0.6) is 0 Å². The van der Waals surface area contributed by atoms with Gasteiger partial charge in [0.25, 0.3) is 5.91 Å². The highest BCUT2D eigenvalue weighted by atomic mass is 32.2. The highest BCUT2D eigenvalue weighted by Crippen LogP contribution is 2.21. The normalized spacial score (nSPS) is 11.6. The van der Waals surface area contributed by atoms with Gasteiger partial charge in [-0.1, -0.05) is 18.2 Å². The molecular formula is C19H22N4O3S. The van der Waals surface area contributed by atoms with Crippen LogP contribution in [-0.4, -0.2) is 37.1 Å². The summed E-state index contributed by atoms with van der Waals surface area (Å²) in [5.74, 6) is -0.213. The van der Waals surface area contributed by atoms with Crippen LogP contribution in [0.1, 0.15) is 27.3 Å². The van der Waals surface area contributed by atoms with Crippen LogP contribution in [0.3, 0.4) is 0 Å². The first-order valence-electron chi connectivity index (χ1n) is 8.57. The molecule has 8 heteroatoms. The van der Waals surface area contributed by atoms with Crippen molar-refractivity contribution in [3.05, 3.63) is 65.1 Å². The number of aromatic nitrogens is 2. The Morgan fingerprint density at radius 2 is 2.00 bits per heavy atom. The first-order valence-corrected chi connectivity index (χ1v) is 10.5. The molecule has 0 fully saturated rings. The Labute approximate surface area is 158 Å². The number of para-hydroxylation sites is 1.